The van der Waals surface area contributed by atoms with Crippen LogP contribution in [0.4, 0.5) is 13.8 Å². The number of aryl methyl sites for hydroxylation is 1. The monoisotopic (exact) mass is 409 g/mol. The molecule has 0 saturated heterocycles. The van der Waals surface area contributed by atoms with Crippen LogP contribution in [0.5, 0.6) is 0 Å². The molecule has 0 unspecified atom stereocenters. The molecule has 1 amide bonds. The molecule has 0 aliphatic carbocycles. The molecule has 0 bridgehead atoms. The van der Waals surface area contributed by atoms with E-state index in [0.717, 1.165) is 10.6 Å². The van der Waals surface area contributed by atoms with Crippen molar-refractivity contribution in [1.29, 1.82) is 0 Å². The van der Waals surface area contributed by atoms with E-state index in [1.54, 1.807) is 43.3 Å². The number of halogens is 2. The minimum atomic E-state index is -0.552. The first-order chi connectivity index (χ1) is 14.0. The number of thiophene rings is 1. The van der Waals surface area contributed by atoms with Gasteiger partial charge in [-0.15, -0.1) is 11.3 Å². The van der Waals surface area contributed by atoms with Crippen LogP contribution in [-0.2, 0) is 6.42 Å². The van der Waals surface area contributed by atoms with Gasteiger partial charge in [-0.2, -0.15) is 5.10 Å². The summed E-state index contributed by atoms with van der Waals surface area (Å²) < 4.78 is 27.8. The zero-order chi connectivity index (χ0) is 20.4. The maximum absolute atomic E-state index is 14.0. The van der Waals surface area contributed by atoms with Crippen LogP contribution >= 0.6 is 11.3 Å². The van der Waals surface area contributed by atoms with Gasteiger partial charge >= 0.3 is 0 Å². The van der Waals surface area contributed by atoms with Crippen LogP contribution in [0.3, 0.4) is 0 Å². The molecule has 2 N–H and O–H groups in total. The summed E-state index contributed by atoms with van der Waals surface area (Å²) in [5.41, 5.74) is 2.68. The summed E-state index contributed by atoms with van der Waals surface area (Å²) in [5.74, 6) is -1.30. The van der Waals surface area contributed by atoms with Crippen molar-refractivity contribution in [3.05, 3.63) is 94.7 Å². The summed E-state index contributed by atoms with van der Waals surface area (Å²) in [4.78, 5) is 13.3. The van der Waals surface area contributed by atoms with Crippen LogP contribution in [0.2, 0.25) is 0 Å². The number of nitrogens with zero attached hydrogens (tertiary/aromatic N) is 1. The molecule has 0 saturated carbocycles. The highest BCUT2D eigenvalue weighted by Gasteiger charge is 2.16. The maximum atomic E-state index is 14.0. The van der Waals surface area contributed by atoms with E-state index in [9.17, 15) is 13.6 Å². The summed E-state index contributed by atoms with van der Waals surface area (Å²) in [6.45, 7) is 1.69. The van der Waals surface area contributed by atoms with Gasteiger partial charge in [-0.25, -0.2) is 8.78 Å². The highest BCUT2D eigenvalue weighted by atomic mass is 32.1. The molecule has 0 aliphatic heterocycles. The van der Waals surface area contributed by atoms with Crippen molar-refractivity contribution in [2.24, 2.45) is 0 Å². The van der Waals surface area contributed by atoms with Crippen LogP contribution < -0.4 is 5.32 Å². The van der Waals surface area contributed by atoms with Gasteiger partial charge in [0.1, 0.15) is 17.3 Å². The van der Waals surface area contributed by atoms with E-state index in [1.807, 2.05) is 12.1 Å². The Labute approximate surface area is 170 Å². The van der Waals surface area contributed by atoms with Gasteiger partial charge in [-0.1, -0.05) is 30.3 Å². The Balaban J connectivity index is 1.49. The number of aromatic nitrogens is 2. The third-order valence-corrected chi connectivity index (χ3v) is 5.54. The molecular formula is C22H17F2N3OS. The van der Waals surface area contributed by atoms with E-state index in [1.165, 1.54) is 23.5 Å². The normalized spacial score (nSPS) is 10.9. The number of nitrogens with one attached hydrogen (secondary N) is 2. The lowest BCUT2D eigenvalue weighted by Crippen LogP contribution is -2.14. The number of carbonyl (C=O) groups excluding carboxylic acids is 1. The van der Waals surface area contributed by atoms with Gasteiger partial charge < -0.3 is 5.32 Å². The topological polar surface area (TPSA) is 57.8 Å². The second-order valence-corrected chi connectivity index (χ2v) is 7.68. The molecule has 2 heterocycles. The molecule has 0 radical (unpaired) electrons. The fourth-order valence-electron chi connectivity index (χ4n) is 3.06. The number of carbonyl (C=O) groups is 1. The van der Waals surface area contributed by atoms with E-state index in [4.69, 9.17) is 0 Å². The van der Waals surface area contributed by atoms with Gasteiger partial charge in [-0.3, -0.25) is 9.89 Å². The second kappa shape index (κ2) is 7.97. The van der Waals surface area contributed by atoms with Crippen molar-refractivity contribution in [1.82, 2.24) is 10.2 Å². The van der Waals surface area contributed by atoms with Crippen molar-refractivity contribution in [2.45, 2.75) is 13.3 Å². The lowest BCUT2D eigenvalue weighted by atomic mass is 10.1. The Morgan fingerprint density at radius 1 is 1.07 bits per heavy atom. The maximum Gasteiger partial charge on any atom is 0.259 e. The van der Waals surface area contributed by atoms with E-state index in [0.29, 0.717) is 28.2 Å². The molecule has 0 spiro atoms. The Morgan fingerprint density at radius 3 is 2.66 bits per heavy atom. The summed E-state index contributed by atoms with van der Waals surface area (Å²) in [6.07, 6.45) is 0.404. The van der Waals surface area contributed by atoms with Crippen molar-refractivity contribution in [2.75, 3.05) is 5.32 Å². The number of H-pyrrole nitrogens is 1. The molecule has 4 aromatic rings. The SMILES string of the molecule is Cc1cccc(F)c1C(=O)Nc1ccc(-c2cc(Cc3ccccc3F)[nH]n2)s1. The molecule has 2 aromatic heterocycles. The van der Waals surface area contributed by atoms with E-state index >= 15 is 0 Å². The Hall–Kier alpha value is -3.32. The lowest BCUT2D eigenvalue weighted by molar-refractivity contribution is 0.102. The second-order valence-electron chi connectivity index (χ2n) is 6.60. The van der Waals surface area contributed by atoms with Crippen LogP contribution in [0, 0.1) is 18.6 Å². The summed E-state index contributed by atoms with van der Waals surface area (Å²) in [5, 5.41) is 10.5. The van der Waals surface area contributed by atoms with Gasteiger partial charge in [0.2, 0.25) is 0 Å². The van der Waals surface area contributed by atoms with Crippen molar-refractivity contribution < 1.29 is 13.6 Å². The van der Waals surface area contributed by atoms with Crippen LogP contribution in [-0.4, -0.2) is 16.1 Å². The molecule has 0 fully saturated rings. The van der Waals surface area contributed by atoms with Crippen LogP contribution in [0.1, 0.15) is 27.2 Å². The van der Waals surface area contributed by atoms with Crippen molar-refractivity contribution in [3.63, 3.8) is 0 Å². The Kier molecular flexibility index (Phi) is 5.22. The molecule has 0 aliphatic rings. The number of hydrogen-bond acceptors (Lipinski definition) is 3. The van der Waals surface area contributed by atoms with Crippen molar-refractivity contribution >= 4 is 22.2 Å². The standard InChI is InChI=1S/C22H17F2N3OS/c1-13-5-4-8-17(24)21(13)22(28)25-20-10-9-19(29-20)18-12-15(26-27-18)11-14-6-2-3-7-16(14)23/h2-10,12H,11H2,1H3,(H,25,28)(H,26,27). The third kappa shape index (κ3) is 4.09. The van der Waals surface area contributed by atoms with Gasteiger partial charge in [0.15, 0.2) is 0 Å². The Morgan fingerprint density at radius 2 is 1.86 bits per heavy atom. The largest absolute Gasteiger partial charge is 0.313 e. The number of anilines is 1. The Bertz CT molecular complexity index is 1160. The average Bonchev–Trinajstić information content (AvgIpc) is 3.33. The fourth-order valence-corrected chi connectivity index (χ4v) is 3.92. The smallest absolute Gasteiger partial charge is 0.259 e. The first kappa shape index (κ1) is 19.0. The number of amides is 1. The van der Waals surface area contributed by atoms with E-state index < -0.39 is 11.7 Å². The predicted molar refractivity (Wildman–Crippen MR) is 110 cm³/mol. The minimum absolute atomic E-state index is 0.0365. The minimum Gasteiger partial charge on any atom is -0.313 e. The van der Waals surface area contributed by atoms with E-state index in [-0.39, 0.29) is 11.4 Å². The number of aromatic amines is 1. The molecule has 0 atom stereocenters. The highest BCUT2D eigenvalue weighted by Crippen LogP contribution is 2.31. The summed E-state index contributed by atoms with van der Waals surface area (Å²) in [7, 11) is 0. The zero-order valence-corrected chi connectivity index (χ0v) is 16.3. The zero-order valence-electron chi connectivity index (χ0n) is 15.5. The van der Waals surface area contributed by atoms with Gasteiger partial charge in [0.25, 0.3) is 5.91 Å². The van der Waals surface area contributed by atoms with Crippen LogP contribution in [0.15, 0.2) is 60.7 Å². The first-order valence-electron chi connectivity index (χ1n) is 8.95. The van der Waals surface area contributed by atoms with E-state index in [2.05, 4.69) is 15.5 Å². The van der Waals surface area contributed by atoms with Gasteiger partial charge in [0.05, 0.1) is 15.4 Å². The highest BCUT2D eigenvalue weighted by molar-refractivity contribution is 7.19. The summed E-state index contributed by atoms with van der Waals surface area (Å²) >= 11 is 1.33. The fraction of sp³-hybridized carbons (Fsp3) is 0.0909. The first-order valence-corrected chi connectivity index (χ1v) is 9.77. The molecule has 146 valence electrons. The molecule has 4 rings (SSSR count). The lowest BCUT2D eigenvalue weighted by Gasteiger charge is -2.06. The average molecular weight is 409 g/mol. The molecule has 2 aromatic carbocycles. The number of rotatable bonds is 5. The van der Waals surface area contributed by atoms with Crippen molar-refractivity contribution in [3.8, 4) is 10.6 Å². The molecule has 4 nitrogen and oxygen atoms in total. The molecule has 7 heteroatoms. The molecular weight excluding hydrogens is 392 g/mol. The molecule has 29 heavy (non-hydrogen) atoms. The quantitative estimate of drug-likeness (QED) is 0.453. The predicted octanol–water partition coefficient (Wildman–Crippen LogP) is 5.57. The number of hydrogen-bond donors (Lipinski definition) is 2. The number of benzene rings is 2. The summed E-state index contributed by atoms with van der Waals surface area (Å²) in [6, 6.07) is 16.6. The van der Waals surface area contributed by atoms with Crippen LogP contribution in [0.25, 0.3) is 10.6 Å². The van der Waals surface area contributed by atoms with Gasteiger partial charge in [-0.05, 0) is 48.4 Å². The third-order valence-electron chi connectivity index (χ3n) is 4.51. The van der Waals surface area contributed by atoms with Gasteiger partial charge in [0, 0.05) is 12.1 Å².